The fraction of sp³-hybridized carbons (Fsp3) is 0.462. The van der Waals surface area contributed by atoms with E-state index in [1.165, 1.54) is 21.1 Å². The van der Waals surface area contributed by atoms with Crippen molar-refractivity contribution >= 4 is 13.5 Å². The summed E-state index contributed by atoms with van der Waals surface area (Å²) in [6, 6.07) is 7.07. The van der Waals surface area contributed by atoms with E-state index >= 15 is 0 Å². The third kappa shape index (κ3) is 3.90. The highest BCUT2D eigenvalue weighted by molar-refractivity contribution is 7.54. The maximum Gasteiger partial charge on any atom is 0.355 e. The monoisotopic (exact) mass is 301 g/mol. The first-order valence-electron chi connectivity index (χ1n) is 6.07. The molecule has 0 aliphatic carbocycles. The van der Waals surface area contributed by atoms with Gasteiger partial charge in [-0.2, -0.15) is 0 Å². The number of hydrogen-bond donors (Lipinski definition) is 2. The predicted molar refractivity (Wildman–Crippen MR) is 75.4 cm³/mol. The molecule has 1 aromatic rings. The van der Waals surface area contributed by atoms with Crippen molar-refractivity contribution in [3.8, 4) is 0 Å². The van der Waals surface area contributed by atoms with Crippen LogP contribution in [0.4, 0.5) is 0 Å². The number of rotatable bonds is 6. The Morgan fingerprint density at radius 1 is 1.35 bits per heavy atom. The number of amides is 1. The summed E-state index contributed by atoms with van der Waals surface area (Å²) in [7, 11) is -1.24. The van der Waals surface area contributed by atoms with Crippen molar-refractivity contribution in [1.29, 1.82) is 0 Å². The van der Waals surface area contributed by atoms with Crippen molar-refractivity contribution in [3.63, 3.8) is 0 Å². The highest BCUT2D eigenvalue weighted by atomic mass is 31.2. The molecule has 1 rings (SSSR count). The summed E-state index contributed by atoms with van der Waals surface area (Å²) >= 11 is 0. The first-order valence-corrected chi connectivity index (χ1v) is 7.68. The number of nitrogens with one attached hydrogen (secondary N) is 1. The maximum absolute atomic E-state index is 12.5. The Hall–Kier alpha value is -1.20. The topological polar surface area (TPSA) is 84.9 Å². The normalized spacial score (nSPS) is 14.7. The molecule has 0 spiro atoms. The van der Waals surface area contributed by atoms with Crippen LogP contribution in [0.15, 0.2) is 24.3 Å². The SMILES string of the molecule is COP(=O)(OC)[C@H](NC(C)=O)[C@@H](O)c1cccc(C)c1. The number of benzene rings is 1. The molecule has 0 saturated heterocycles. The summed E-state index contributed by atoms with van der Waals surface area (Å²) in [5, 5.41) is 12.8. The Bertz CT molecular complexity index is 511. The highest BCUT2D eigenvalue weighted by Crippen LogP contribution is 2.54. The number of aliphatic hydroxyl groups excluding tert-OH is 1. The minimum atomic E-state index is -3.66. The van der Waals surface area contributed by atoms with Crippen molar-refractivity contribution in [2.24, 2.45) is 0 Å². The Morgan fingerprint density at radius 3 is 2.40 bits per heavy atom. The zero-order chi connectivity index (χ0) is 15.3. The lowest BCUT2D eigenvalue weighted by atomic mass is 10.1. The van der Waals surface area contributed by atoms with Gasteiger partial charge in [0.15, 0.2) is 5.78 Å². The molecular weight excluding hydrogens is 281 g/mol. The van der Waals surface area contributed by atoms with Gasteiger partial charge in [-0.15, -0.1) is 0 Å². The maximum atomic E-state index is 12.5. The molecule has 0 saturated carbocycles. The number of carbonyl (C=O) groups excluding carboxylic acids is 1. The lowest BCUT2D eigenvalue weighted by Gasteiger charge is -2.29. The fourth-order valence-corrected chi connectivity index (χ4v) is 3.34. The second kappa shape index (κ2) is 6.99. The molecule has 7 heteroatoms. The average Bonchev–Trinajstić information content (AvgIpc) is 2.43. The first kappa shape index (κ1) is 16.9. The molecule has 2 N–H and O–H groups in total. The molecule has 0 fully saturated rings. The smallest absolute Gasteiger partial charge is 0.355 e. The van der Waals surface area contributed by atoms with E-state index in [-0.39, 0.29) is 0 Å². The first-order chi connectivity index (χ1) is 9.34. The molecule has 2 atom stereocenters. The van der Waals surface area contributed by atoms with Gasteiger partial charge >= 0.3 is 7.60 Å². The van der Waals surface area contributed by atoms with Gasteiger partial charge in [0.1, 0.15) is 6.10 Å². The van der Waals surface area contributed by atoms with Gasteiger partial charge in [0.2, 0.25) is 5.91 Å². The summed E-state index contributed by atoms with van der Waals surface area (Å²) in [5.74, 6) is -1.60. The summed E-state index contributed by atoms with van der Waals surface area (Å²) in [6.07, 6.45) is -1.20. The van der Waals surface area contributed by atoms with Crippen LogP contribution in [-0.2, 0) is 18.4 Å². The molecule has 0 aromatic heterocycles. The Morgan fingerprint density at radius 2 is 1.95 bits per heavy atom. The van der Waals surface area contributed by atoms with E-state index in [4.69, 9.17) is 9.05 Å². The van der Waals surface area contributed by atoms with Crippen LogP contribution in [0, 0.1) is 6.92 Å². The van der Waals surface area contributed by atoms with Crippen LogP contribution in [0.5, 0.6) is 0 Å². The zero-order valence-electron chi connectivity index (χ0n) is 12.0. The van der Waals surface area contributed by atoms with Crippen LogP contribution in [0.25, 0.3) is 0 Å². The van der Waals surface area contributed by atoms with Crippen LogP contribution in [0.3, 0.4) is 0 Å². The molecule has 0 radical (unpaired) electrons. The van der Waals surface area contributed by atoms with E-state index in [9.17, 15) is 14.5 Å². The average molecular weight is 301 g/mol. The van der Waals surface area contributed by atoms with Gasteiger partial charge < -0.3 is 19.5 Å². The number of carbonyl (C=O) groups is 1. The minimum Gasteiger partial charge on any atom is -0.386 e. The van der Waals surface area contributed by atoms with E-state index in [0.29, 0.717) is 5.56 Å². The molecule has 1 amide bonds. The van der Waals surface area contributed by atoms with E-state index in [1.807, 2.05) is 13.0 Å². The van der Waals surface area contributed by atoms with Crippen LogP contribution in [-0.4, -0.2) is 31.0 Å². The van der Waals surface area contributed by atoms with Gasteiger partial charge in [-0.1, -0.05) is 29.8 Å². The Labute approximate surface area is 118 Å². The van der Waals surface area contributed by atoms with E-state index in [0.717, 1.165) is 5.56 Å². The third-order valence-electron chi connectivity index (χ3n) is 2.88. The zero-order valence-corrected chi connectivity index (χ0v) is 12.9. The second-order valence-corrected chi connectivity index (χ2v) is 6.78. The summed E-state index contributed by atoms with van der Waals surface area (Å²) < 4.78 is 22.2. The van der Waals surface area contributed by atoms with Gasteiger partial charge in [0, 0.05) is 21.1 Å². The van der Waals surface area contributed by atoms with Crippen molar-refractivity contribution in [3.05, 3.63) is 35.4 Å². The highest BCUT2D eigenvalue weighted by Gasteiger charge is 2.40. The standard InChI is InChI=1S/C13H20NO5P/c1-9-6-5-7-11(8-9)12(16)13(14-10(2)15)20(17,18-3)19-4/h5-8,12-13,16H,1-4H3,(H,14,15)/t12-,13-/m0/s1. The number of aliphatic hydroxyl groups is 1. The lowest BCUT2D eigenvalue weighted by molar-refractivity contribution is -0.120. The molecule has 20 heavy (non-hydrogen) atoms. The van der Waals surface area contributed by atoms with Crippen LogP contribution >= 0.6 is 7.60 Å². The third-order valence-corrected chi connectivity index (χ3v) is 4.99. The molecule has 6 nitrogen and oxygen atoms in total. The quantitative estimate of drug-likeness (QED) is 0.785. The fourth-order valence-electron chi connectivity index (χ4n) is 1.88. The molecule has 0 heterocycles. The summed E-state index contributed by atoms with van der Waals surface area (Å²) in [6.45, 7) is 3.14. The van der Waals surface area contributed by atoms with Crippen molar-refractivity contribution in [2.45, 2.75) is 25.7 Å². The second-order valence-electron chi connectivity index (χ2n) is 4.41. The van der Waals surface area contributed by atoms with Crippen molar-refractivity contribution in [2.75, 3.05) is 14.2 Å². The van der Waals surface area contributed by atoms with Gasteiger partial charge in [0.05, 0.1) is 0 Å². The molecule has 0 unspecified atom stereocenters. The Balaban J connectivity index is 3.16. The van der Waals surface area contributed by atoms with Crippen molar-refractivity contribution in [1.82, 2.24) is 5.32 Å². The molecule has 112 valence electrons. The van der Waals surface area contributed by atoms with Crippen LogP contribution in [0.1, 0.15) is 24.2 Å². The lowest BCUT2D eigenvalue weighted by Crippen LogP contribution is -2.38. The Kier molecular flexibility index (Phi) is 5.89. The minimum absolute atomic E-state index is 0.434. The van der Waals surface area contributed by atoms with E-state index < -0.39 is 25.4 Å². The summed E-state index contributed by atoms with van der Waals surface area (Å²) in [5.41, 5.74) is 1.46. The van der Waals surface area contributed by atoms with Gasteiger partial charge in [-0.3, -0.25) is 9.36 Å². The molecule has 0 aliphatic heterocycles. The van der Waals surface area contributed by atoms with Crippen LogP contribution < -0.4 is 5.32 Å². The van der Waals surface area contributed by atoms with Crippen molar-refractivity contribution < 1.29 is 23.5 Å². The van der Waals surface area contributed by atoms with Gasteiger partial charge in [-0.05, 0) is 12.5 Å². The number of hydrogen-bond acceptors (Lipinski definition) is 5. The summed E-state index contributed by atoms with van der Waals surface area (Å²) in [4.78, 5) is 11.3. The largest absolute Gasteiger partial charge is 0.386 e. The molecule has 0 aliphatic rings. The molecular formula is C13H20NO5P. The number of aryl methyl sites for hydroxylation is 1. The van der Waals surface area contributed by atoms with Crippen LogP contribution in [0.2, 0.25) is 0 Å². The molecule has 1 aromatic carbocycles. The van der Waals surface area contributed by atoms with Gasteiger partial charge in [-0.25, -0.2) is 0 Å². The van der Waals surface area contributed by atoms with Gasteiger partial charge in [0.25, 0.3) is 0 Å². The van der Waals surface area contributed by atoms with E-state index in [2.05, 4.69) is 5.32 Å². The molecule has 0 bridgehead atoms. The van der Waals surface area contributed by atoms with E-state index in [1.54, 1.807) is 18.2 Å². The predicted octanol–water partition coefficient (Wildman–Crippen LogP) is 1.98.